The van der Waals surface area contributed by atoms with Gasteiger partial charge in [0, 0.05) is 23.2 Å². The Balaban J connectivity index is 1.84. The van der Waals surface area contributed by atoms with Crippen molar-refractivity contribution in [3.05, 3.63) is 76.5 Å². The second kappa shape index (κ2) is 6.23. The number of nitrogens with one attached hydrogen (secondary N) is 1. The Hall–Kier alpha value is -3.28. The summed E-state index contributed by atoms with van der Waals surface area (Å²) in [5.74, 6) is -0.322. The van der Waals surface area contributed by atoms with Crippen LogP contribution in [-0.2, 0) is 11.2 Å². The van der Waals surface area contributed by atoms with Crippen molar-refractivity contribution in [3.63, 3.8) is 0 Å². The zero-order valence-electron chi connectivity index (χ0n) is 12.1. The van der Waals surface area contributed by atoms with Gasteiger partial charge in [-0.05, 0) is 12.1 Å². The number of nitro benzene ring substituents is 1. The van der Waals surface area contributed by atoms with E-state index in [1.165, 1.54) is 6.07 Å². The van der Waals surface area contributed by atoms with Gasteiger partial charge in [0.25, 0.3) is 5.69 Å². The number of aromatic nitrogens is 1. The summed E-state index contributed by atoms with van der Waals surface area (Å²) in [4.78, 5) is 27.0. The Morgan fingerprint density at radius 1 is 1.09 bits per heavy atom. The predicted molar refractivity (Wildman–Crippen MR) is 87.2 cm³/mol. The third-order valence-electron chi connectivity index (χ3n) is 3.45. The molecule has 0 radical (unpaired) electrons. The largest absolute Gasteiger partial charge is 0.324 e. The molecule has 0 unspecified atom stereocenters. The molecule has 0 saturated carbocycles. The molecule has 1 amide bonds. The molecule has 0 atom stereocenters. The molecule has 6 nitrogen and oxygen atoms in total. The van der Waals surface area contributed by atoms with Crippen LogP contribution in [0, 0.1) is 10.1 Å². The average Bonchev–Trinajstić information content (AvgIpc) is 2.55. The lowest BCUT2D eigenvalue weighted by atomic mass is 10.1. The van der Waals surface area contributed by atoms with Gasteiger partial charge in [-0.1, -0.05) is 36.4 Å². The van der Waals surface area contributed by atoms with Crippen LogP contribution in [0.5, 0.6) is 0 Å². The highest BCUT2D eigenvalue weighted by atomic mass is 16.6. The Bertz CT molecular complexity index is 888. The van der Waals surface area contributed by atoms with E-state index < -0.39 is 4.92 Å². The van der Waals surface area contributed by atoms with E-state index in [1.54, 1.807) is 30.5 Å². The molecule has 3 aromatic rings. The maximum Gasteiger partial charge on any atom is 0.273 e. The molecule has 1 aromatic heterocycles. The lowest BCUT2D eigenvalue weighted by Crippen LogP contribution is -2.15. The molecule has 0 fully saturated rings. The number of para-hydroxylation sites is 2. The quantitative estimate of drug-likeness (QED) is 0.592. The van der Waals surface area contributed by atoms with Crippen molar-refractivity contribution in [2.24, 2.45) is 0 Å². The first-order valence-corrected chi connectivity index (χ1v) is 7.01. The summed E-state index contributed by atoms with van der Waals surface area (Å²) in [7, 11) is 0. The molecule has 0 aliphatic heterocycles. The Labute approximate surface area is 131 Å². The number of rotatable bonds is 4. The van der Waals surface area contributed by atoms with E-state index in [0.717, 1.165) is 5.39 Å². The van der Waals surface area contributed by atoms with Crippen molar-refractivity contribution in [1.82, 2.24) is 4.98 Å². The first-order valence-electron chi connectivity index (χ1n) is 7.01. The average molecular weight is 307 g/mol. The lowest BCUT2D eigenvalue weighted by Gasteiger charge is -2.08. The number of pyridine rings is 1. The van der Waals surface area contributed by atoms with Gasteiger partial charge in [-0.3, -0.25) is 19.9 Å². The number of benzene rings is 2. The summed E-state index contributed by atoms with van der Waals surface area (Å²) in [5.41, 5.74) is 1.60. The molecule has 1 N–H and O–H groups in total. The van der Waals surface area contributed by atoms with Gasteiger partial charge in [0.15, 0.2) is 0 Å². The summed E-state index contributed by atoms with van der Waals surface area (Å²) in [6, 6.07) is 15.4. The normalized spacial score (nSPS) is 10.4. The molecule has 2 aromatic carbocycles. The minimum absolute atomic E-state index is 0.0568. The number of nitrogens with zero attached hydrogens (tertiary/aromatic N) is 2. The highest BCUT2D eigenvalue weighted by Gasteiger charge is 2.16. The molecule has 114 valence electrons. The van der Waals surface area contributed by atoms with Gasteiger partial charge in [-0.2, -0.15) is 0 Å². The summed E-state index contributed by atoms with van der Waals surface area (Å²) in [5, 5.41) is 14.7. The van der Waals surface area contributed by atoms with Gasteiger partial charge >= 0.3 is 0 Å². The summed E-state index contributed by atoms with van der Waals surface area (Å²) in [6.45, 7) is 0. The predicted octanol–water partition coefficient (Wildman–Crippen LogP) is 3.32. The second-order valence-electron chi connectivity index (χ2n) is 4.99. The third kappa shape index (κ3) is 3.16. The van der Waals surface area contributed by atoms with Crippen molar-refractivity contribution in [2.75, 3.05) is 5.32 Å². The number of hydrogen-bond acceptors (Lipinski definition) is 4. The summed E-state index contributed by atoms with van der Waals surface area (Å²) >= 11 is 0. The lowest BCUT2D eigenvalue weighted by molar-refractivity contribution is -0.385. The van der Waals surface area contributed by atoms with E-state index in [1.807, 2.05) is 24.3 Å². The van der Waals surface area contributed by atoms with Gasteiger partial charge in [0.1, 0.15) is 0 Å². The van der Waals surface area contributed by atoms with Crippen LogP contribution in [0.25, 0.3) is 10.9 Å². The second-order valence-corrected chi connectivity index (χ2v) is 4.99. The van der Waals surface area contributed by atoms with E-state index in [9.17, 15) is 14.9 Å². The van der Waals surface area contributed by atoms with Crippen LogP contribution < -0.4 is 5.32 Å². The molecule has 6 heteroatoms. The van der Waals surface area contributed by atoms with Crippen molar-refractivity contribution in [2.45, 2.75) is 6.42 Å². The smallest absolute Gasteiger partial charge is 0.273 e. The third-order valence-corrected chi connectivity index (χ3v) is 3.45. The fourth-order valence-corrected chi connectivity index (χ4v) is 2.41. The maximum absolute atomic E-state index is 12.2. The topological polar surface area (TPSA) is 85.1 Å². The van der Waals surface area contributed by atoms with E-state index in [0.29, 0.717) is 16.8 Å². The maximum atomic E-state index is 12.2. The molecule has 0 saturated heterocycles. The minimum Gasteiger partial charge on any atom is -0.324 e. The number of carbonyl (C=O) groups is 1. The van der Waals surface area contributed by atoms with Gasteiger partial charge < -0.3 is 5.32 Å². The summed E-state index contributed by atoms with van der Waals surface area (Å²) in [6.07, 6.45) is 1.58. The molecule has 0 aliphatic carbocycles. The van der Waals surface area contributed by atoms with E-state index in [4.69, 9.17) is 0 Å². The fourth-order valence-electron chi connectivity index (χ4n) is 2.41. The van der Waals surface area contributed by atoms with E-state index >= 15 is 0 Å². The number of fused-ring (bicyclic) bond motifs is 1. The molecule has 0 spiro atoms. The van der Waals surface area contributed by atoms with Crippen LogP contribution in [0.4, 0.5) is 11.4 Å². The standard InChI is InChI=1S/C17H13N3O3/c21-16(11-13-5-1-2-9-15(13)20(22)23)19-14-8-3-6-12-7-4-10-18-17(12)14/h1-10H,11H2,(H,19,21). The van der Waals surface area contributed by atoms with Crippen molar-refractivity contribution in [1.29, 1.82) is 0 Å². The van der Waals surface area contributed by atoms with Crippen LogP contribution in [-0.4, -0.2) is 15.8 Å². The van der Waals surface area contributed by atoms with Crippen LogP contribution >= 0.6 is 0 Å². The monoisotopic (exact) mass is 307 g/mol. The molecule has 1 heterocycles. The fraction of sp³-hybridized carbons (Fsp3) is 0.0588. The number of nitro groups is 1. The number of carbonyl (C=O) groups excluding carboxylic acids is 1. The number of amides is 1. The SMILES string of the molecule is O=C(Cc1ccccc1[N+](=O)[O-])Nc1cccc2cccnc12. The molecule has 23 heavy (non-hydrogen) atoms. The first-order chi connectivity index (χ1) is 11.1. The number of hydrogen-bond donors (Lipinski definition) is 1. The van der Waals surface area contributed by atoms with E-state index in [-0.39, 0.29) is 18.0 Å². The Kier molecular flexibility index (Phi) is 3.97. The van der Waals surface area contributed by atoms with Crippen LogP contribution in [0.1, 0.15) is 5.56 Å². The zero-order valence-corrected chi connectivity index (χ0v) is 12.1. The van der Waals surface area contributed by atoms with Crippen LogP contribution in [0.2, 0.25) is 0 Å². The zero-order chi connectivity index (χ0) is 16.2. The molecule has 3 rings (SSSR count). The van der Waals surface area contributed by atoms with Gasteiger partial charge in [-0.25, -0.2) is 0 Å². The van der Waals surface area contributed by atoms with Crippen molar-refractivity contribution in [3.8, 4) is 0 Å². The van der Waals surface area contributed by atoms with Gasteiger partial charge in [-0.15, -0.1) is 0 Å². The van der Waals surface area contributed by atoms with E-state index in [2.05, 4.69) is 10.3 Å². The summed E-state index contributed by atoms with van der Waals surface area (Å²) < 4.78 is 0. The van der Waals surface area contributed by atoms with Crippen molar-refractivity contribution < 1.29 is 9.72 Å². The minimum atomic E-state index is -0.484. The Morgan fingerprint density at radius 2 is 1.87 bits per heavy atom. The van der Waals surface area contributed by atoms with Gasteiger partial charge in [0.05, 0.1) is 22.5 Å². The van der Waals surface area contributed by atoms with Crippen LogP contribution in [0.3, 0.4) is 0 Å². The molecular weight excluding hydrogens is 294 g/mol. The molecular formula is C17H13N3O3. The highest BCUT2D eigenvalue weighted by Crippen LogP contribution is 2.22. The van der Waals surface area contributed by atoms with Crippen molar-refractivity contribution >= 4 is 28.2 Å². The first kappa shape index (κ1) is 14.6. The van der Waals surface area contributed by atoms with Gasteiger partial charge in [0.2, 0.25) is 5.91 Å². The molecule has 0 bridgehead atoms. The Morgan fingerprint density at radius 3 is 2.70 bits per heavy atom. The van der Waals surface area contributed by atoms with Crippen LogP contribution in [0.15, 0.2) is 60.8 Å². The number of anilines is 1. The highest BCUT2D eigenvalue weighted by molar-refractivity contribution is 6.01. The molecule has 0 aliphatic rings.